The molecule has 1 fully saturated rings. The first-order valence-electron chi connectivity index (χ1n) is 8.56. The fourth-order valence-corrected chi connectivity index (χ4v) is 3.90. The average Bonchev–Trinajstić information content (AvgIpc) is 2.87. The van der Waals surface area contributed by atoms with E-state index in [1.807, 2.05) is 0 Å². The molecule has 2 heterocycles. The van der Waals surface area contributed by atoms with Crippen LogP contribution in [0.4, 0.5) is 4.79 Å². The summed E-state index contributed by atoms with van der Waals surface area (Å²) < 4.78 is 10.4. The molecule has 9 heteroatoms. The molecule has 2 aliphatic rings. The number of hydrogen-bond acceptors (Lipinski definition) is 6. The maximum atomic E-state index is 12.8. The normalized spacial score (nSPS) is 19.3. The predicted octanol–water partition coefficient (Wildman–Crippen LogP) is 3.40. The van der Waals surface area contributed by atoms with Gasteiger partial charge in [0, 0.05) is 23.7 Å². The number of benzene rings is 1. The van der Waals surface area contributed by atoms with Gasteiger partial charge in [-0.25, -0.2) is 4.79 Å². The Bertz CT molecular complexity index is 788. The van der Waals surface area contributed by atoms with Crippen LogP contribution < -0.4 is 5.32 Å². The second-order valence-electron chi connectivity index (χ2n) is 6.26. The lowest BCUT2D eigenvalue weighted by molar-refractivity contribution is -0.152. The third kappa shape index (κ3) is 3.91. The van der Waals surface area contributed by atoms with Crippen molar-refractivity contribution in [3.05, 3.63) is 39.6 Å². The second kappa shape index (κ2) is 8.06. The van der Waals surface area contributed by atoms with Crippen molar-refractivity contribution in [2.45, 2.75) is 25.3 Å². The molecule has 0 unspecified atom stereocenters. The fourth-order valence-electron chi connectivity index (χ4n) is 3.40. The van der Waals surface area contributed by atoms with E-state index in [0.29, 0.717) is 41.5 Å². The Hall–Kier alpha value is -1.80. The molecule has 27 heavy (non-hydrogen) atoms. The van der Waals surface area contributed by atoms with Gasteiger partial charge in [0.15, 0.2) is 5.76 Å². The molecule has 1 saturated heterocycles. The van der Waals surface area contributed by atoms with Crippen LogP contribution in [0, 0.1) is 0 Å². The van der Waals surface area contributed by atoms with Crippen molar-refractivity contribution in [2.24, 2.45) is 0 Å². The summed E-state index contributed by atoms with van der Waals surface area (Å²) in [7, 11) is 1.59. The summed E-state index contributed by atoms with van der Waals surface area (Å²) in [5.74, 6) is -0.129. The lowest BCUT2D eigenvalue weighted by Crippen LogP contribution is -2.53. The van der Waals surface area contributed by atoms with Gasteiger partial charge in [0.05, 0.1) is 24.3 Å². The van der Waals surface area contributed by atoms with Gasteiger partial charge < -0.3 is 19.6 Å². The topological polar surface area (TPSA) is 77.1 Å². The SMILES string of the molecule is CCOC(=O)OC1=C(c2ccc(Cl)cc2Cl)C(=O)NC12CCN(OC)CC2. The summed E-state index contributed by atoms with van der Waals surface area (Å²) in [4.78, 5) is 30.2. The lowest BCUT2D eigenvalue weighted by atomic mass is 9.86. The highest BCUT2D eigenvalue weighted by Gasteiger charge is 2.50. The molecule has 1 aromatic carbocycles. The van der Waals surface area contributed by atoms with Crippen LogP contribution in [0.2, 0.25) is 10.0 Å². The highest BCUT2D eigenvalue weighted by atomic mass is 35.5. The van der Waals surface area contributed by atoms with Crippen LogP contribution in [0.5, 0.6) is 0 Å². The Morgan fingerprint density at radius 3 is 2.59 bits per heavy atom. The number of ether oxygens (including phenoxy) is 2. The zero-order chi connectivity index (χ0) is 19.6. The fraction of sp³-hybridized carbons (Fsp3) is 0.444. The van der Waals surface area contributed by atoms with Gasteiger partial charge in [0.25, 0.3) is 5.91 Å². The molecule has 1 spiro atoms. The number of carbonyl (C=O) groups is 2. The Labute approximate surface area is 167 Å². The van der Waals surface area contributed by atoms with E-state index in [1.165, 1.54) is 0 Å². The number of halogens is 2. The van der Waals surface area contributed by atoms with E-state index in [0.717, 1.165) is 0 Å². The highest BCUT2D eigenvalue weighted by molar-refractivity contribution is 6.38. The summed E-state index contributed by atoms with van der Waals surface area (Å²) in [6.45, 7) is 2.97. The summed E-state index contributed by atoms with van der Waals surface area (Å²) >= 11 is 12.3. The van der Waals surface area contributed by atoms with Crippen molar-refractivity contribution >= 4 is 40.8 Å². The molecule has 1 N–H and O–H groups in total. The Morgan fingerprint density at radius 2 is 2.00 bits per heavy atom. The molecule has 1 aromatic rings. The van der Waals surface area contributed by atoms with Crippen molar-refractivity contribution in [1.29, 1.82) is 0 Å². The number of amides is 1. The van der Waals surface area contributed by atoms with Crippen molar-refractivity contribution in [3.63, 3.8) is 0 Å². The number of piperidine rings is 1. The van der Waals surface area contributed by atoms with Gasteiger partial charge in [-0.1, -0.05) is 29.3 Å². The molecule has 0 atom stereocenters. The molecule has 0 aromatic heterocycles. The molecule has 146 valence electrons. The number of hydrogen-bond donors (Lipinski definition) is 1. The standard InChI is InChI=1S/C18H20Cl2N2O5/c1-3-26-17(24)27-15-14(12-5-4-11(19)10-13(12)20)16(23)21-18(15)6-8-22(25-2)9-7-18/h4-5,10H,3,6-9H2,1-2H3,(H,21,23). The molecule has 7 nitrogen and oxygen atoms in total. The lowest BCUT2D eigenvalue weighted by Gasteiger charge is -2.38. The van der Waals surface area contributed by atoms with E-state index in [9.17, 15) is 9.59 Å². The molecule has 0 radical (unpaired) electrons. The van der Waals surface area contributed by atoms with Crippen LogP contribution in [0.15, 0.2) is 24.0 Å². The second-order valence-corrected chi connectivity index (χ2v) is 7.10. The first kappa shape index (κ1) is 19.9. The zero-order valence-corrected chi connectivity index (χ0v) is 16.5. The van der Waals surface area contributed by atoms with E-state index in [1.54, 1.807) is 37.3 Å². The molecule has 0 bridgehead atoms. The number of hydroxylamine groups is 2. The minimum atomic E-state index is -0.861. The number of carbonyl (C=O) groups excluding carboxylic acids is 2. The molecule has 3 rings (SSSR count). The first-order valence-corrected chi connectivity index (χ1v) is 9.32. The quantitative estimate of drug-likeness (QED) is 0.760. The number of rotatable bonds is 4. The number of nitrogens with zero attached hydrogens (tertiary/aromatic N) is 1. The highest BCUT2D eigenvalue weighted by Crippen LogP contribution is 2.42. The van der Waals surface area contributed by atoms with Gasteiger partial charge in [-0.05, 0) is 31.9 Å². The van der Waals surface area contributed by atoms with Crippen LogP contribution in [-0.2, 0) is 19.1 Å². The van der Waals surface area contributed by atoms with Gasteiger partial charge in [0.2, 0.25) is 0 Å². The molecular formula is C18H20Cl2N2O5. The van der Waals surface area contributed by atoms with E-state index in [2.05, 4.69) is 5.32 Å². The maximum absolute atomic E-state index is 12.8. The van der Waals surface area contributed by atoms with Crippen molar-refractivity contribution in [1.82, 2.24) is 10.4 Å². The van der Waals surface area contributed by atoms with E-state index in [4.69, 9.17) is 37.5 Å². The maximum Gasteiger partial charge on any atom is 0.513 e. The smallest absolute Gasteiger partial charge is 0.434 e. The van der Waals surface area contributed by atoms with Gasteiger partial charge in [0.1, 0.15) is 5.54 Å². The molecule has 0 saturated carbocycles. The van der Waals surface area contributed by atoms with Gasteiger partial charge in [-0.2, -0.15) is 5.06 Å². The largest absolute Gasteiger partial charge is 0.513 e. The molecule has 0 aliphatic carbocycles. The third-order valence-electron chi connectivity index (χ3n) is 4.72. The zero-order valence-electron chi connectivity index (χ0n) is 15.0. The van der Waals surface area contributed by atoms with Crippen LogP contribution in [0.3, 0.4) is 0 Å². The van der Waals surface area contributed by atoms with Gasteiger partial charge >= 0.3 is 6.16 Å². The Balaban J connectivity index is 2.06. The van der Waals surface area contributed by atoms with Crippen molar-refractivity contribution < 1.29 is 23.9 Å². The predicted molar refractivity (Wildman–Crippen MR) is 100 cm³/mol. The Kier molecular flexibility index (Phi) is 5.95. The Morgan fingerprint density at radius 1 is 1.30 bits per heavy atom. The number of nitrogens with one attached hydrogen (secondary N) is 1. The minimum Gasteiger partial charge on any atom is -0.434 e. The summed E-state index contributed by atoms with van der Waals surface area (Å²) in [6.07, 6.45) is 0.159. The van der Waals surface area contributed by atoms with Crippen LogP contribution in [-0.4, -0.2) is 49.5 Å². The molecular weight excluding hydrogens is 395 g/mol. The first-order chi connectivity index (χ1) is 12.9. The summed E-state index contributed by atoms with van der Waals surface area (Å²) in [5, 5.41) is 5.51. The van der Waals surface area contributed by atoms with Gasteiger partial charge in [-0.3, -0.25) is 4.79 Å². The summed E-state index contributed by atoms with van der Waals surface area (Å²) in [5.41, 5.74) is -0.156. The van der Waals surface area contributed by atoms with E-state index in [-0.39, 0.29) is 23.8 Å². The van der Waals surface area contributed by atoms with E-state index >= 15 is 0 Å². The molecule has 1 amide bonds. The monoisotopic (exact) mass is 414 g/mol. The van der Waals surface area contributed by atoms with Crippen molar-refractivity contribution in [3.8, 4) is 0 Å². The minimum absolute atomic E-state index is 0.162. The average molecular weight is 415 g/mol. The van der Waals surface area contributed by atoms with E-state index < -0.39 is 11.7 Å². The summed E-state index contributed by atoms with van der Waals surface area (Å²) in [6, 6.07) is 4.81. The third-order valence-corrected chi connectivity index (χ3v) is 5.27. The molecule has 2 aliphatic heterocycles. The van der Waals surface area contributed by atoms with Crippen LogP contribution in [0.25, 0.3) is 5.57 Å². The van der Waals surface area contributed by atoms with Gasteiger partial charge in [-0.15, -0.1) is 0 Å². The van der Waals surface area contributed by atoms with Crippen LogP contribution >= 0.6 is 23.2 Å². The van der Waals surface area contributed by atoms with Crippen LogP contribution in [0.1, 0.15) is 25.3 Å². The van der Waals surface area contributed by atoms with Crippen molar-refractivity contribution in [2.75, 3.05) is 26.8 Å².